The molecule has 3 nitrogen and oxygen atoms in total. The summed E-state index contributed by atoms with van der Waals surface area (Å²) in [5.74, 6) is 0.836. The number of hydrogen-bond acceptors (Lipinski definition) is 4. The van der Waals surface area contributed by atoms with E-state index in [1.807, 2.05) is 42.6 Å². The molecule has 0 unspecified atom stereocenters. The number of aryl methyl sites for hydroxylation is 1. The van der Waals surface area contributed by atoms with Gasteiger partial charge in [0.1, 0.15) is 12.4 Å². The Morgan fingerprint density at radius 2 is 2.16 bits per heavy atom. The number of pyridine rings is 1. The quantitative estimate of drug-likeness (QED) is 0.737. The highest BCUT2D eigenvalue weighted by Crippen LogP contribution is 2.28. The maximum absolute atomic E-state index is 5.91. The third-order valence-corrected chi connectivity index (χ3v) is 3.72. The number of ether oxygens (including phenoxy) is 1. The number of aromatic nitrogens is 1. The summed E-state index contributed by atoms with van der Waals surface area (Å²) in [4.78, 5) is 5.69. The van der Waals surface area contributed by atoms with Gasteiger partial charge in [0.15, 0.2) is 0 Å². The minimum absolute atomic E-state index is 0.574. The molecule has 0 spiro atoms. The van der Waals surface area contributed by atoms with Gasteiger partial charge in [-0.1, -0.05) is 6.07 Å². The van der Waals surface area contributed by atoms with Crippen molar-refractivity contribution < 1.29 is 4.74 Å². The Hall–Kier alpha value is -2.07. The van der Waals surface area contributed by atoms with Crippen molar-refractivity contribution >= 4 is 27.9 Å². The van der Waals surface area contributed by atoms with E-state index in [1.54, 1.807) is 11.3 Å². The van der Waals surface area contributed by atoms with Crippen LogP contribution in [0.25, 0.3) is 10.9 Å². The first kappa shape index (κ1) is 12.0. The summed E-state index contributed by atoms with van der Waals surface area (Å²) in [5, 5.41) is 3.01. The minimum Gasteiger partial charge on any atom is -0.487 e. The molecule has 0 aliphatic carbocycles. The minimum atomic E-state index is 0.574. The van der Waals surface area contributed by atoms with Crippen molar-refractivity contribution in [2.75, 3.05) is 5.73 Å². The Balaban J connectivity index is 1.99. The van der Waals surface area contributed by atoms with Crippen LogP contribution in [0.3, 0.4) is 0 Å². The van der Waals surface area contributed by atoms with Crippen molar-refractivity contribution in [3.63, 3.8) is 0 Å². The van der Waals surface area contributed by atoms with Crippen LogP contribution in [0.4, 0.5) is 5.69 Å². The normalized spacial score (nSPS) is 10.8. The summed E-state index contributed by atoms with van der Waals surface area (Å²) in [6.07, 6.45) is 0. The molecule has 3 aromatic rings. The van der Waals surface area contributed by atoms with Crippen LogP contribution in [0.2, 0.25) is 0 Å². The first-order valence-corrected chi connectivity index (χ1v) is 6.92. The van der Waals surface area contributed by atoms with Crippen molar-refractivity contribution in [1.82, 2.24) is 4.98 Å². The highest BCUT2D eigenvalue weighted by molar-refractivity contribution is 7.09. The van der Waals surface area contributed by atoms with Crippen molar-refractivity contribution in [3.8, 4) is 5.75 Å². The van der Waals surface area contributed by atoms with Crippen LogP contribution < -0.4 is 10.5 Å². The molecule has 0 amide bonds. The number of nitrogens with two attached hydrogens (primary N) is 1. The molecule has 2 N–H and O–H groups in total. The Labute approximate surface area is 115 Å². The Bertz CT molecular complexity index is 707. The van der Waals surface area contributed by atoms with Gasteiger partial charge in [-0.25, -0.2) is 0 Å². The van der Waals surface area contributed by atoms with Gasteiger partial charge in [0.2, 0.25) is 0 Å². The molecule has 0 radical (unpaired) electrons. The molecule has 0 fully saturated rings. The molecule has 2 aromatic heterocycles. The third-order valence-electron chi connectivity index (χ3n) is 2.87. The van der Waals surface area contributed by atoms with Gasteiger partial charge in [0, 0.05) is 27.7 Å². The third kappa shape index (κ3) is 2.53. The molecule has 0 aliphatic heterocycles. The second-order valence-corrected chi connectivity index (χ2v) is 5.44. The lowest BCUT2D eigenvalue weighted by Gasteiger charge is -2.10. The van der Waals surface area contributed by atoms with E-state index in [-0.39, 0.29) is 0 Å². The summed E-state index contributed by atoms with van der Waals surface area (Å²) >= 11 is 1.69. The van der Waals surface area contributed by atoms with Crippen LogP contribution in [-0.4, -0.2) is 4.98 Å². The van der Waals surface area contributed by atoms with E-state index in [0.29, 0.717) is 6.61 Å². The Morgan fingerprint density at radius 1 is 1.26 bits per heavy atom. The summed E-state index contributed by atoms with van der Waals surface area (Å²) < 4.78 is 5.91. The molecular weight excluding hydrogens is 256 g/mol. The zero-order chi connectivity index (χ0) is 13.2. The summed E-state index contributed by atoms with van der Waals surface area (Å²) in [5.41, 5.74) is 8.42. The average Bonchev–Trinajstić information content (AvgIpc) is 2.89. The number of anilines is 1. The van der Waals surface area contributed by atoms with E-state index >= 15 is 0 Å². The van der Waals surface area contributed by atoms with E-state index in [1.165, 1.54) is 4.88 Å². The van der Waals surface area contributed by atoms with Crippen LogP contribution in [0.1, 0.15) is 10.6 Å². The molecule has 0 saturated carbocycles. The summed E-state index contributed by atoms with van der Waals surface area (Å²) in [7, 11) is 0. The van der Waals surface area contributed by atoms with Gasteiger partial charge in [0.25, 0.3) is 0 Å². The standard InChI is InChI=1S/C15H14N2OS/c1-10-7-15(18-9-12-3-2-6-19-12)13-8-11(16)4-5-14(13)17-10/h2-8H,9,16H2,1H3. The van der Waals surface area contributed by atoms with Crippen LogP contribution >= 0.6 is 11.3 Å². The highest BCUT2D eigenvalue weighted by Gasteiger charge is 2.06. The van der Waals surface area contributed by atoms with Crippen molar-refractivity contribution in [3.05, 3.63) is 52.3 Å². The van der Waals surface area contributed by atoms with Gasteiger partial charge < -0.3 is 10.5 Å². The van der Waals surface area contributed by atoms with Crippen LogP contribution in [-0.2, 0) is 6.61 Å². The van der Waals surface area contributed by atoms with E-state index in [2.05, 4.69) is 11.1 Å². The van der Waals surface area contributed by atoms with Crippen molar-refractivity contribution in [2.45, 2.75) is 13.5 Å². The molecule has 19 heavy (non-hydrogen) atoms. The molecule has 0 aliphatic rings. The van der Waals surface area contributed by atoms with Crippen molar-refractivity contribution in [1.29, 1.82) is 0 Å². The number of nitrogen functional groups attached to an aromatic ring is 1. The molecular formula is C15H14N2OS. The topological polar surface area (TPSA) is 48.1 Å². The maximum Gasteiger partial charge on any atom is 0.131 e. The van der Waals surface area contributed by atoms with Gasteiger partial charge in [-0.05, 0) is 36.6 Å². The lowest BCUT2D eigenvalue weighted by molar-refractivity contribution is 0.313. The molecule has 2 heterocycles. The number of fused-ring (bicyclic) bond motifs is 1. The lowest BCUT2D eigenvalue weighted by Crippen LogP contribution is -1.96. The largest absolute Gasteiger partial charge is 0.487 e. The molecule has 1 aromatic carbocycles. The molecule has 4 heteroatoms. The number of rotatable bonds is 3. The van der Waals surface area contributed by atoms with Gasteiger partial charge in [-0.3, -0.25) is 4.98 Å². The second kappa shape index (κ2) is 4.90. The monoisotopic (exact) mass is 270 g/mol. The van der Waals surface area contributed by atoms with Crippen LogP contribution in [0.5, 0.6) is 5.75 Å². The van der Waals surface area contributed by atoms with Gasteiger partial charge in [-0.15, -0.1) is 11.3 Å². The molecule has 3 rings (SSSR count). The second-order valence-electron chi connectivity index (χ2n) is 4.41. The fraction of sp³-hybridized carbons (Fsp3) is 0.133. The van der Waals surface area contributed by atoms with E-state index < -0.39 is 0 Å². The van der Waals surface area contributed by atoms with E-state index in [0.717, 1.165) is 28.0 Å². The SMILES string of the molecule is Cc1cc(OCc2cccs2)c2cc(N)ccc2n1. The molecule has 96 valence electrons. The smallest absolute Gasteiger partial charge is 0.131 e. The summed E-state index contributed by atoms with van der Waals surface area (Å²) in [6, 6.07) is 11.7. The fourth-order valence-corrected chi connectivity index (χ4v) is 2.62. The van der Waals surface area contributed by atoms with E-state index in [4.69, 9.17) is 10.5 Å². The van der Waals surface area contributed by atoms with Crippen molar-refractivity contribution in [2.24, 2.45) is 0 Å². The fourth-order valence-electron chi connectivity index (χ4n) is 2.00. The Kier molecular flexibility index (Phi) is 3.09. The van der Waals surface area contributed by atoms with Gasteiger partial charge >= 0.3 is 0 Å². The zero-order valence-corrected chi connectivity index (χ0v) is 11.4. The lowest BCUT2D eigenvalue weighted by atomic mass is 10.1. The van der Waals surface area contributed by atoms with E-state index in [9.17, 15) is 0 Å². The molecule has 0 atom stereocenters. The van der Waals surface area contributed by atoms with Gasteiger partial charge in [0.05, 0.1) is 5.52 Å². The zero-order valence-electron chi connectivity index (χ0n) is 10.6. The predicted octanol–water partition coefficient (Wildman–Crippen LogP) is 3.77. The highest BCUT2D eigenvalue weighted by atomic mass is 32.1. The predicted molar refractivity (Wildman–Crippen MR) is 79.5 cm³/mol. The number of nitrogens with zero attached hydrogens (tertiary/aromatic N) is 1. The number of benzene rings is 1. The summed E-state index contributed by atoms with van der Waals surface area (Å²) in [6.45, 7) is 2.54. The first-order chi connectivity index (χ1) is 9.22. The maximum atomic E-state index is 5.91. The van der Waals surface area contributed by atoms with Crippen LogP contribution in [0.15, 0.2) is 41.8 Å². The Morgan fingerprint density at radius 3 is 2.95 bits per heavy atom. The average molecular weight is 270 g/mol. The van der Waals surface area contributed by atoms with Crippen LogP contribution in [0, 0.1) is 6.92 Å². The number of thiophene rings is 1. The number of hydrogen-bond donors (Lipinski definition) is 1. The van der Waals surface area contributed by atoms with Gasteiger partial charge in [-0.2, -0.15) is 0 Å². The first-order valence-electron chi connectivity index (χ1n) is 6.04. The molecule has 0 saturated heterocycles. The molecule has 0 bridgehead atoms.